The molecule has 2 amide bonds. The number of nitrogens with one attached hydrogen (secondary N) is 2. The summed E-state index contributed by atoms with van der Waals surface area (Å²) in [5.41, 5.74) is 6.18. The van der Waals surface area contributed by atoms with Gasteiger partial charge in [0.25, 0.3) is 0 Å². The van der Waals surface area contributed by atoms with Crippen molar-refractivity contribution in [2.75, 3.05) is 12.4 Å². The summed E-state index contributed by atoms with van der Waals surface area (Å²) >= 11 is 1.58. The minimum absolute atomic E-state index is 0.233. The van der Waals surface area contributed by atoms with Crippen molar-refractivity contribution in [1.82, 2.24) is 20.1 Å². The van der Waals surface area contributed by atoms with Gasteiger partial charge in [0, 0.05) is 17.1 Å². The van der Waals surface area contributed by atoms with Gasteiger partial charge in [-0.2, -0.15) is 0 Å². The number of hydrogen-bond acceptors (Lipinski definition) is 5. The Kier molecular flexibility index (Phi) is 7.72. The molecule has 0 saturated heterocycles. The highest BCUT2D eigenvalue weighted by Gasteiger charge is 2.16. The number of thioether (sulfide) groups is 1. The van der Waals surface area contributed by atoms with Gasteiger partial charge in [0.1, 0.15) is 5.75 Å². The molecule has 0 atom stereocenters. The number of rotatable bonds is 8. The second kappa shape index (κ2) is 11.1. The van der Waals surface area contributed by atoms with E-state index in [4.69, 9.17) is 4.74 Å². The maximum Gasteiger partial charge on any atom is 0.319 e. The Hall–Kier alpha value is -3.78. The zero-order chi connectivity index (χ0) is 24.8. The third-order valence-corrected chi connectivity index (χ3v) is 6.53. The quantitative estimate of drug-likeness (QED) is 0.306. The van der Waals surface area contributed by atoms with Crippen molar-refractivity contribution >= 4 is 23.5 Å². The highest BCUT2D eigenvalue weighted by atomic mass is 32.2. The number of benzene rings is 3. The molecule has 0 fully saturated rings. The van der Waals surface area contributed by atoms with E-state index in [2.05, 4.69) is 39.0 Å². The van der Waals surface area contributed by atoms with Gasteiger partial charge in [-0.1, -0.05) is 59.3 Å². The van der Waals surface area contributed by atoms with Crippen molar-refractivity contribution in [1.29, 1.82) is 0 Å². The van der Waals surface area contributed by atoms with Gasteiger partial charge in [-0.15, -0.1) is 10.2 Å². The van der Waals surface area contributed by atoms with Crippen LogP contribution in [0.4, 0.5) is 10.5 Å². The van der Waals surface area contributed by atoms with Crippen LogP contribution in [-0.2, 0) is 12.3 Å². The molecule has 0 bridgehead atoms. The van der Waals surface area contributed by atoms with Gasteiger partial charge in [0.15, 0.2) is 11.0 Å². The van der Waals surface area contributed by atoms with Gasteiger partial charge >= 0.3 is 6.03 Å². The summed E-state index contributed by atoms with van der Waals surface area (Å²) in [6.45, 7) is 6.28. The molecule has 2 N–H and O–H groups in total. The largest absolute Gasteiger partial charge is 0.497 e. The first-order valence-electron chi connectivity index (χ1n) is 11.3. The Labute approximate surface area is 209 Å². The highest BCUT2D eigenvalue weighted by Crippen LogP contribution is 2.27. The maximum atomic E-state index is 12.6. The van der Waals surface area contributed by atoms with Gasteiger partial charge in [-0.3, -0.25) is 4.57 Å². The van der Waals surface area contributed by atoms with E-state index in [0.717, 1.165) is 39.0 Å². The van der Waals surface area contributed by atoms with E-state index >= 15 is 0 Å². The van der Waals surface area contributed by atoms with E-state index in [0.29, 0.717) is 11.6 Å². The number of aryl methyl sites for hydroxylation is 3. The molecular formula is C27H29N5O2S. The van der Waals surface area contributed by atoms with Crippen LogP contribution in [0, 0.1) is 20.8 Å². The Morgan fingerprint density at radius 3 is 2.49 bits per heavy atom. The summed E-state index contributed by atoms with van der Waals surface area (Å²) in [5, 5.41) is 15.4. The molecule has 7 nitrogen and oxygen atoms in total. The van der Waals surface area contributed by atoms with Crippen molar-refractivity contribution in [3.8, 4) is 11.4 Å². The second-order valence-electron chi connectivity index (χ2n) is 8.34. The number of aromatic nitrogens is 3. The van der Waals surface area contributed by atoms with Crippen LogP contribution in [0.5, 0.6) is 5.75 Å². The fourth-order valence-electron chi connectivity index (χ4n) is 3.65. The number of urea groups is 1. The third-order valence-electron chi connectivity index (χ3n) is 5.53. The Morgan fingerprint density at radius 2 is 1.74 bits per heavy atom. The van der Waals surface area contributed by atoms with Crippen LogP contribution in [-0.4, -0.2) is 27.9 Å². The van der Waals surface area contributed by atoms with Crippen LogP contribution >= 0.6 is 11.8 Å². The molecule has 0 aliphatic rings. The second-order valence-corrected chi connectivity index (χ2v) is 9.28. The monoisotopic (exact) mass is 487 g/mol. The SMILES string of the molecule is COc1cccc(CSc2nnc(CNC(=O)Nc3ccc(C)cc3C)n2-c2ccc(C)cc2)c1. The van der Waals surface area contributed by atoms with Gasteiger partial charge < -0.3 is 15.4 Å². The standard InChI is InChI=1S/C27H29N5O2S/c1-18-8-11-22(12-9-18)32-25(16-28-26(33)29-24-13-10-19(2)14-20(24)3)30-31-27(32)35-17-21-6-5-7-23(15-21)34-4/h5-15H,16-17H2,1-4H3,(H2,28,29,33). The molecular weight excluding hydrogens is 458 g/mol. The van der Waals surface area contributed by atoms with E-state index in [-0.39, 0.29) is 12.6 Å². The number of carbonyl (C=O) groups is 1. The van der Waals surface area contributed by atoms with E-state index in [9.17, 15) is 4.79 Å². The summed E-state index contributed by atoms with van der Waals surface area (Å²) in [5.74, 6) is 2.18. The molecule has 3 aromatic carbocycles. The molecule has 0 unspecified atom stereocenters. The summed E-state index contributed by atoms with van der Waals surface area (Å²) in [4.78, 5) is 12.6. The van der Waals surface area contributed by atoms with Crippen molar-refractivity contribution < 1.29 is 9.53 Å². The smallest absolute Gasteiger partial charge is 0.319 e. The molecule has 8 heteroatoms. The van der Waals surface area contributed by atoms with Crippen LogP contribution in [0.25, 0.3) is 5.69 Å². The molecule has 0 spiro atoms. The van der Waals surface area contributed by atoms with Crippen molar-refractivity contribution in [3.63, 3.8) is 0 Å². The topological polar surface area (TPSA) is 81.1 Å². The maximum absolute atomic E-state index is 12.6. The molecule has 4 aromatic rings. The number of ether oxygens (including phenoxy) is 1. The molecule has 1 aromatic heterocycles. The minimum atomic E-state index is -0.291. The van der Waals surface area contributed by atoms with Gasteiger partial charge in [-0.05, 0) is 62.2 Å². The van der Waals surface area contributed by atoms with Gasteiger partial charge in [0.2, 0.25) is 0 Å². The van der Waals surface area contributed by atoms with Crippen LogP contribution in [0.3, 0.4) is 0 Å². The Bertz CT molecular complexity index is 1320. The summed E-state index contributed by atoms with van der Waals surface area (Å²) < 4.78 is 7.32. The number of methoxy groups -OCH3 is 1. The molecule has 0 aliphatic heterocycles. The van der Waals surface area contributed by atoms with E-state index < -0.39 is 0 Å². The van der Waals surface area contributed by atoms with Crippen LogP contribution in [0.1, 0.15) is 28.1 Å². The van der Waals surface area contributed by atoms with Crippen LogP contribution < -0.4 is 15.4 Å². The number of amides is 2. The van der Waals surface area contributed by atoms with Crippen LogP contribution in [0.2, 0.25) is 0 Å². The van der Waals surface area contributed by atoms with E-state index in [1.165, 1.54) is 5.56 Å². The number of anilines is 1. The van der Waals surface area contributed by atoms with Crippen molar-refractivity contribution in [2.24, 2.45) is 0 Å². The first-order valence-corrected chi connectivity index (χ1v) is 12.3. The predicted octanol–water partition coefficient (Wildman–Crippen LogP) is 5.82. The molecule has 35 heavy (non-hydrogen) atoms. The first kappa shape index (κ1) is 24.3. The Morgan fingerprint density at radius 1 is 0.971 bits per heavy atom. The zero-order valence-corrected chi connectivity index (χ0v) is 21.1. The fourth-order valence-corrected chi connectivity index (χ4v) is 4.57. The van der Waals surface area contributed by atoms with Crippen molar-refractivity contribution in [2.45, 2.75) is 38.2 Å². The molecule has 0 aliphatic carbocycles. The average Bonchev–Trinajstić information content (AvgIpc) is 3.26. The summed E-state index contributed by atoms with van der Waals surface area (Å²) in [7, 11) is 1.66. The van der Waals surface area contributed by atoms with E-state index in [1.54, 1.807) is 18.9 Å². The summed E-state index contributed by atoms with van der Waals surface area (Å²) in [6, 6.07) is 21.8. The molecule has 0 radical (unpaired) electrons. The predicted molar refractivity (Wildman–Crippen MR) is 140 cm³/mol. The Balaban J connectivity index is 1.51. The summed E-state index contributed by atoms with van der Waals surface area (Å²) in [6.07, 6.45) is 0. The third kappa shape index (κ3) is 6.22. The first-order chi connectivity index (χ1) is 16.9. The number of nitrogens with zero attached hydrogens (tertiary/aromatic N) is 3. The lowest BCUT2D eigenvalue weighted by Crippen LogP contribution is -2.29. The lowest BCUT2D eigenvalue weighted by molar-refractivity contribution is 0.251. The average molecular weight is 488 g/mol. The van der Waals surface area contributed by atoms with Gasteiger partial charge in [0.05, 0.1) is 13.7 Å². The lowest BCUT2D eigenvalue weighted by atomic mass is 10.1. The fraction of sp³-hybridized carbons (Fsp3) is 0.222. The number of carbonyl (C=O) groups excluding carboxylic acids is 1. The highest BCUT2D eigenvalue weighted by molar-refractivity contribution is 7.98. The molecule has 4 rings (SSSR count). The van der Waals surface area contributed by atoms with Gasteiger partial charge in [-0.25, -0.2) is 4.79 Å². The molecule has 0 saturated carbocycles. The molecule has 180 valence electrons. The minimum Gasteiger partial charge on any atom is -0.497 e. The molecule has 1 heterocycles. The van der Waals surface area contributed by atoms with E-state index in [1.807, 2.05) is 73.9 Å². The zero-order valence-electron chi connectivity index (χ0n) is 20.3. The van der Waals surface area contributed by atoms with Crippen molar-refractivity contribution in [3.05, 3.63) is 94.8 Å². The van der Waals surface area contributed by atoms with Crippen LogP contribution in [0.15, 0.2) is 71.9 Å². The normalized spacial score (nSPS) is 10.7. The number of hydrogen-bond donors (Lipinski definition) is 2. The lowest BCUT2D eigenvalue weighted by Gasteiger charge is -2.13.